The lowest BCUT2D eigenvalue weighted by Crippen LogP contribution is -2.45. The summed E-state index contributed by atoms with van der Waals surface area (Å²) in [5.41, 5.74) is 0.962. The zero-order chi connectivity index (χ0) is 14.7. The highest BCUT2D eigenvalue weighted by molar-refractivity contribution is 6.60. The summed E-state index contributed by atoms with van der Waals surface area (Å²) in [6.45, 7) is 7.75. The molecule has 0 aromatic heterocycles. The smallest absolute Gasteiger partial charge is 0.374 e. The van der Waals surface area contributed by atoms with Gasteiger partial charge in [-0.05, 0) is 39.3 Å². The van der Waals surface area contributed by atoms with Gasteiger partial charge in [0.1, 0.15) is 0 Å². The van der Waals surface area contributed by atoms with Gasteiger partial charge in [-0.1, -0.05) is 18.2 Å². The molecule has 112 valence electrons. The van der Waals surface area contributed by atoms with Gasteiger partial charge < -0.3 is 13.3 Å². The number of nitrogens with zero attached hydrogens (tertiary/aromatic N) is 1. The van der Waals surface area contributed by atoms with E-state index < -0.39 is 8.80 Å². The van der Waals surface area contributed by atoms with Crippen LogP contribution in [0.2, 0.25) is 6.04 Å². The van der Waals surface area contributed by atoms with E-state index in [0.29, 0.717) is 19.8 Å². The van der Waals surface area contributed by atoms with Crippen LogP contribution < -0.4 is 0 Å². The second-order valence-corrected chi connectivity index (χ2v) is 6.90. The molecule has 0 amide bonds. The van der Waals surface area contributed by atoms with Crippen molar-refractivity contribution in [1.29, 1.82) is 0 Å². The van der Waals surface area contributed by atoms with E-state index in [1.165, 1.54) is 0 Å². The number of hydrogen-bond acceptors (Lipinski definition) is 4. The fourth-order valence-corrected chi connectivity index (χ4v) is 4.41. The van der Waals surface area contributed by atoms with Gasteiger partial charge in [-0.3, -0.25) is 4.99 Å². The zero-order valence-electron chi connectivity index (χ0n) is 12.7. The molecule has 0 aliphatic heterocycles. The fraction of sp³-hybridized carbons (Fsp3) is 0.533. The molecule has 0 heterocycles. The third kappa shape index (κ3) is 5.96. The Labute approximate surface area is 123 Å². The molecule has 20 heavy (non-hydrogen) atoms. The van der Waals surface area contributed by atoms with Crippen molar-refractivity contribution in [2.75, 3.05) is 19.8 Å². The summed E-state index contributed by atoms with van der Waals surface area (Å²) in [5.74, 6) is 0. The molecule has 4 nitrogen and oxygen atoms in total. The number of hydrogen-bond donors (Lipinski definition) is 0. The van der Waals surface area contributed by atoms with Crippen molar-refractivity contribution in [2.24, 2.45) is 4.99 Å². The van der Waals surface area contributed by atoms with E-state index in [0.717, 1.165) is 18.2 Å². The molecule has 0 aliphatic carbocycles. The molecule has 0 bridgehead atoms. The van der Waals surface area contributed by atoms with E-state index in [9.17, 15) is 0 Å². The Kier molecular flexibility index (Phi) is 8.37. The van der Waals surface area contributed by atoms with E-state index in [1.807, 2.05) is 57.3 Å². The molecule has 0 saturated heterocycles. The van der Waals surface area contributed by atoms with Crippen LogP contribution in [-0.4, -0.2) is 34.8 Å². The molecule has 0 radical (unpaired) electrons. The monoisotopic (exact) mass is 295 g/mol. The van der Waals surface area contributed by atoms with Crippen LogP contribution in [0.15, 0.2) is 35.3 Å². The molecule has 1 aromatic carbocycles. The maximum atomic E-state index is 5.80. The Morgan fingerprint density at radius 3 is 2.00 bits per heavy atom. The number of aliphatic imine (C=N–C) groups is 1. The number of rotatable bonds is 10. The largest absolute Gasteiger partial charge is 0.501 e. The molecule has 0 unspecified atom stereocenters. The minimum atomic E-state index is -2.52. The Morgan fingerprint density at radius 2 is 1.50 bits per heavy atom. The van der Waals surface area contributed by atoms with Crippen LogP contribution in [0, 0.1) is 0 Å². The van der Waals surface area contributed by atoms with Crippen LogP contribution >= 0.6 is 0 Å². The Hall–Kier alpha value is -1.01. The summed E-state index contributed by atoms with van der Waals surface area (Å²) in [6, 6.07) is 10.7. The van der Waals surface area contributed by atoms with Crippen LogP contribution in [0.4, 0.5) is 5.69 Å². The molecule has 1 rings (SSSR count). The second kappa shape index (κ2) is 9.82. The van der Waals surface area contributed by atoms with E-state index in [2.05, 4.69) is 4.99 Å². The molecule has 0 spiro atoms. The molecule has 0 N–H and O–H groups in total. The molecular weight excluding hydrogens is 270 g/mol. The molecule has 0 fully saturated rings. The minimum absolute atomic E-state index is 0.613. The topological polar surface area (TPSA) is 40.0 Å². The molecule has 5 heteroatoms. The standard InChI is InChI=1S/C15H25NO3Si/c1-4-17-20(18-5-2,19-6-3)14-10-13-16-15-11-8-7-9-12-15/h7-9,11-13H,4-6,10,14H2,1-3H3. The van der Waals surface area contributed by atoms with Crippen LogP contribution in [0.5, 0.6) is 0 Å². The first-order valence-corrected chi connectivity index (χ1v) is 9.19. The third-order valence-corrected chi connectivity index (χ3v) is 5.76. The third-order valence-electron chi connectivity index (χ3n) is 2.67. The summed E-state index contributed by atoms with van der Waals surface area (Å²) in [4.78, 5) is 4.42. The molecule has 0 atom stereocenters. The van der Waals surface area contributed by atoms with Crippen molar-refractivity contribution in [1.82, 2.24) is 0 Å². The Bertz CT molecular complexity index is 367. The SMILES string of the molecule is CCO[Si](CCC=Nc1ccccc1)(OCC)OCC. The van der Waals surface area contributed by atoms with E-state index >= 15 is 0 Å². The van der Waals surface area contributed by atoms with Crippen molar-refractivity contribution in [3.63, 3.8) is 0 Å². The predicted octanol–water partition coefficient (Wildman–Crippen LogP) is 3.83. The van der Waals surface area contributed by atoms with Gasteiger partial charge in [-0.25, -0.2) is 0 Å². The Morgan fingerprint density at radius 1 is 0.950 bits per heavy atom. The highest BCUT2D eigenvalue weighted by atomic mass is 28.4. The summed E-state index contributed by atoms with van der Waals surface area (Å²) in [6.07, 6.45) is 2.70. The predicted molar refractivity (Wildman–Crippen MR) is 84.7 cm³/mol. The average molecular weight is 295 g/mol. The van der Waals surface area contributed by atoms with Gasteiger partial charge in [0.2, 0.25) is 0 Å². The lowest BCUT2D eigenvalue weighted by Gasteiger charge is -2.27. The van der Waals surface area contributed by atoms with E-state index in [4.69, 9.17) is 13.3 Å². The summed E-state index contributed by atoms with van der Waals surface area (Å²) in [7, 11) is -2.52. The van der Waals surface area contributed by atoms with Gasteiger partial charge in [-0.2, -0.15) is 0 Å². The van der Waals surface area contributed by atoms with Crippen molar-refractivity contribution >= 4 is 20.7 Å². The summed E-state index contributed by atoms with van der Waals surface area (Å²) < 4.78 is 17.4. The fourth-order valence-electron chi connectivity index (χ4n) is 1.93. The first-order valence-electron chi connectivity index (χ1n) is 7.25. The minimum Gasteiger partial charge on any atom is -0.374 e. The summed E-state index contributed by atoms with van der Waals surface area (Å²) >= 11 is 0. The lowest BCUT2D eigenvalue weighted by molar-refractivity contribution is 0.0719. The summed E-state index contributed by atoms with van der Waals surface area (Å²) in [5, 5.41) is 0. The van der Waals surface area contributed by atoms with E-state index in [-0.39, 0.29) is 0 Å². The normalized spacial score (nSPS) is 12.2. The van der Waals surface area contributed by atoms with Gasteiger partial charge in [0.05, 0.1) is 5.69 Å². The van der Waals surface area contributed by atoms with Gasteiger partial charge in [-0.15, -0.1) is 0 Å². The number of para-hydroxylation sites is 1. The molecular formula is C15H25NO3Si. The van der Waals surface area contributed by atoms with Crippen molar-refractivity contribution < 1.29 is 13.3 Å². The Balaban J connectivity index is 2.54. The quantitative estimate of drug-likeness (QED) is 0.486. The average Bonchev–Trinajstić information content (AvgIpc) is 2.46. The maximum Gasteiger partial charge on any atom is 0.501 e. The van der Waals surface area contributed by atoms with Gasteiger partial charge >= 0.3 is 8.80 Å². The maximum absolute atomic E-state index is 5.80. The van der Waals surface area contributed by atoms with Crippen LogP contribution in [-0.2, 0) is 13.3 Å². The zero-order valence-corrected chi connectivity index (χ0v) is 13.7. The molecule has 0 saturated carbocycles. The van der Waals surface area contributed by atoms with Crippen molar-refractivity contribution in [2.45, 2.75) is 33.2 Å². The highest BCUT2D eigenvalue weighted by Gasteiger charge is 2.39. The second-order valence-electron chi connectivity index (χ2n) is 4.17. The van der Waals surface area contributed by atoms with Crippen LogP contribution in [0.25, 0.3) is 0 Å². The first kappa shape index (κ1) is 17.0. The van der Waals surface area contributed by atoms with Gasteiger partial charge in [0.25, 0.3) is 0 Å². The number of benzene rings is 1. The van der Waals surface area contributed by atoms with Crippen molar-refractivity contribution in [3.8, 4) is 0 Å². The van der Waals surface area contributed by atoms with Crippen LogP contribution in [0.1, 0.15) is 27.2 Å². The lowest BCUT2D eigenvalue weighted by atomic mass is 10.3. The van der Waals surface area contributed by atoms with Crippen molar-refractivity contribution in [3.05, 3.63) is 30.3 Å². The van der Waals surface area contributed by atoms with E-state index in [1.54, 1.807) is 0 Å². The van der Waals surface area contributed by atoms with Gasteiger partial charge in [0, 0.05) is 32.1 Å². The molecule has 0 aliphatic rings. The molecule has 1 aromatic rings. The van der Waals surface area contributed by atoms with Gasteiger partial charge in [0.15, 0.2) is 0 Å². The highest BCUT2D eigenvalue weighted by Crippen LogP contribution is 2.18. The first-order chi connectivity index (χ1) is 9.76. The van der Waals surface area contributed by atoms with Crippen LogP contribution in [0.3, 0.4) is 0 Å².